The Morgan fingerprint density at radius 1 is 1.35 bits per heavy atom. The van der Waals surface area contributed by atoms with Gasteiger partial charge in [-0.25, -0.2) is 0 Å². The Bertz CT molecular complexity index is 690. The molecule has 7 nitrogen and oxygen atoms in total. The second kappa shape index (κ2) is 6.54. The third kappa shape index (κ3) is 3.79. The minimum absolute atomic E-state index is 0.0681. The van der Waals surface area contributed by atoms with E-state index in [0.717, 1.165) is 43.0 Å². The van der Waals surface area contributed by atoms with Gasteiger partial charge in [0, 0.05) is 17.8 Å². The average Bonchev–Trinajstić information content (AvgIpc) is 3.15. The van der Waals surface area contributed by atoms with E-state index in [2.05, 4.69) is 33.5 Å². The number of nitrogens with zero attached hydrogens (tertiary/aromatic N) is 4. The van der Waals surface area contributed by atoms with Crippen molar-refractivity contribution >= 4 is 11.8 Å². The summed E-state index contributed by atoms with van der Waals surface area (Å²) in [5.74, 6) is 0.336. The molecule has 1 atom stereocenters. The van der Waals surface area contributed by atoms with Gasteiger partial charge in [0.05, 0.1) is 24.5 Å². The Labute approximate surface area is 135 Å². The second-order valence-corrected chi connectivity index (χ2v) is 6.26. The van der Waals surface area contributed by atoms with Crippen LogP contribution in [0.4, 0.5) is 5.88 Å². The Balaban J connectivity index is 1.58. The lowest BCUT2D eigenvalue weighted by atomic mass is 10.2. The van der Waals surface area contributed by atoms with Gasteiger partial charge in [0.15, 0.2) is 0 Å². The van der Waals surface area contributed by atoms with Crippen LogP contribution in [-0.2, 0) is 11.3 Å². The number of aromatic nitrogens is 3. The fourth-order valence-corrected chi connectivity index (χ4v) is 3.15. The Hall–Kier alpha value is -2.15. The van der Waals surface area contributed by atoms with Crippen LogP contribution in [-0.4, -0.2) is 44.9 Å². The molecule has 1 aliphatic heterocycles. The zero-order chi connectivity index (χ0) is 16.4. The molecule has 0 aromatic carbocycles. The molecule has 1 amide bonds. The number of amides is 1. The molecule has 0 saturated carbocycles. The van der Waals surface area contributed by atoms with E-state index in [9.17, 15) is 4.79 Å². The van der Waals surface area contributed by atoms with Crippen LogP contribution in [0.1, 0.15) is 29.9 Å². The summed E-state index contributed by atoms with van der Waals surface area (Å²) in [5.41, 5.74) is 2.95. The second-order valence-electron chi connectivity index (χ2n) is 6.26. The minimum atomic E-state index is -0.0681. The number of rotatable bonds is 5. The number of hydrogen-bond donors (Lipinski definition) is 1. The predicted octanol–water partition coefficient (Wildman–Crippen LogP) is 1.90. The fraction of sp³-hybridized carbons (Fsp3) is 0.562. The third-order valence-electron chi connectivity index (χ3n) is 4.22. The molecule has 0 radical (unpaired) electrons. The van der Waals surface area contributed by atoms with Crippen molar-refractivity contribution in [2.45, 2.75) is 46.2 Å². The molecule has 2 aromatic rings. The van der Waals surface area contributed by atoms with E-state index >= 15 is 0 Å². The first kappa shape index (κ1) is 15.7. The number of likely N-dealkylation sites (tertiary alicyclic amines) is 1. The number of aryl methyl sites for hydroxylation is 3. The summed E-state index contributed by atoms with van der Waals surface area (Å²) >= 11 is 0. The number of carbonyl (C=O) groups is 1. The van der Waals surface area contributed by atoms with Gasteiger partial charge in [-0.2, -0.15) is 5.10 Å². The van der Waals surface area contributed by atoms with Crippen molar-refractivity contribution < 1.29 is 9.32 Å². The third-order valence-corrected chi connectivity index (χ3v) is 4.22. The van der Waals surface area contributed by atoms with Gasteiger partial charge < -0.3 is 4.52 Å². The highest BCUT2D eigenvalue weighted by Gasteiger charge is 2.27. The molecular weight excluding hydrogens is 294 g/mol. The van der Waals surface area contributed by atoms with Crippen molar-refractivity contribution in [2.24, 2.45) is 0 Å². The Morgan fingerprint density at radius 3 is 2.83 bits per heavy atom. The van der Waals surface area contributed by atoms with E-state index in [0.29, 0.717) is 18.5 Å². The first-order chi connectivity index (χ1) is 11.0. The van der Waals surface area contributed by atoms with Gasteiger partial charge in [-0.05, 0) is 46.2 Å². The largest absolute Gasteiger partial charge is 0.338 e. The van der Waals surface area contributed by atoms with E-state index < -0.39 is 0 Å². The van der Waals surface area contributed by atoms with Crippen LogP contribution in [0, 0.1) is 20.8 Å². The molecule has 2 aromatic heterocycles. The van der Waals surface area contributed by atoms with Crippen molar-refractivity contribution in [3.63, 3.8) is 0 Å². The predicted molar refractivity (Wildman–Crippen MR) is 86.2 cm³/mol. The van der Waals surface area contributed by atoms with Crippen molar-refractivity contribution in [3.8, 4) is 0 Å². The SMILES string of the molecule is Cc1cc(NC(=O)CN2CCC[C@H]2Cn2nc(C)cc2C)on1. The highest BCUT2D eigenvalue weighted by Crippen LogP contribution is 2.19. The lowest BCUT2D eigenvalue weighted by Crippen LogP contribution is -2.39. The summed E-state index contributed by atoms with van der Waals surface area (Å²) in [5, 5.41) is 11.1. The summed E-state index contributed by atoms with van der Waals surface area (Å²) in [6.07, 6.45) is 2.20. The van der Waals surface area contributed by atoms with Crippen LogP contribution in [0.25, 0.3) is 0 Å². The number of carbonyl (C=O) groups excluding carboxylic acids is 1. The van der Waals surface area contributed by atoms with Crippen LogP contribution in [0.5, 0.6) is 0 Å². The fourth-order valence-electron chi connectivity index (χ4n) is 3.15. The summed E-state index contributed by atoms with van der Waals surface area (Å²) < 4.78 is 7.06. The first-order valence-electron chi connectivity index (χ1n) is 7.99. The molecule has 0 spiro atoms. The van der Waals surface area contributed by atoms with Crippen LogP contribution >= 0.6 is 0 Å². The van der Waals surface area contributed by atoms with E-state index in [-0.39, 0.29) is 5.91 Å². The maximum atomic E-state index is 12.2. The molecule has 1 aliphatic rings. The van der Waals surface area contributed by atoms with Crippen LogP contribution in [0.2, 0.25) is 0 Å². The van der Waals surface area contributed by atoms with Crippen molar-refractivity contribution in [1.29, 1.82) is 0 Å². The topological polar surface area (TPSA) is 76.2 Å². The first-order valence-corrected chi connectivity index (χ1v) is 7.99. The molecule has 23 heavy (non-hydrogen) atoms. The van der Waals surface area contributed by atoms with Gasteiger partial charge in [0.25, 0.3) is 0 Å². The molecule has 1 fully saturated rings. The molecule has 1 saturated heterocycles. The van der Waals surface area contributed by atoms with E-state index in [1.54, 1.807) is 6.07 Å². The Morgan fingerprint density at radius 2 is 2.17 bits per heavy atom. The number of hydrogen-bond acceptors (Lipinski definition) is 5. The zero-order valence-corrected chi connectivity index (χ0v) is 13.9. The normalized spacial score (nSPS) is 18.5. The number of nitrogens with one attached hydrogen (secondary N) is 1. The molecule has 3 heterocycles. The molecule has 7 heteroatoms. The van der Waals surface area contributed by atoms with Crippen molar-refractivity contribution in [2.75, 3.05) is 18.4 Å². The van der Waals surface area contributed by atoms with Gasteiger partial charge >= 0.3 is 0 Å². The monoisotopic (exact) mass is 317 g/mol. The molecule has 124 valence electrons. The zero-order valence-electron chi connectivity index (χ0n) is 13.9. The van der Waals surface area contributed by atoms with Crippen LogP contribution in [0.3, 0.4) is 0 Å². The summed E-state index contributed by atoms with van der Waals surface area (Å²) in [4.78, 5) is 14.4. The van der Waals surface area contributed by atoms with Crippen molar-refractivity contribution in [3.05, 3.63) is 29.2 Å². The highest BCUT2D eigenvalue weighted by atomic mass is 16.5. The summed E-state index contributed by atoms with van der Waals surface area (Å²) in [6.45, 7) is 8.02. The number of anilines is 1. The van der Waals surface area contributed by atoms with Crippen LogP contribution in [0.15, 0.2) is 16.7 Å². The lowest BCUT2D eigenvalue weighted by molar-refractivity contribution is -0.117. The smallest absolute Gasteiger partial charge is 0.240 e. The minimum Gasteiger partial charge on any atom is -0.338 e. The quantitative estimate of drug-likeness (QED) is 0.911. The van der Waals surface area contributed by atoms with E-state index in [1.165, 1.54) is 0 Å². The molecule has 0 aliphatic carbocycles. The van der Waals surface area contributed by atoms with E-state index in [1.807, 2.05) is 18.5 Å². The van der Waals surface area contributed by atoms with Crippen molar-refractivity contribution in [1.82, 2.24) is 19.8 Å². The van der Waals surface area contributed by atoms with Gasteiger partial charge in [-0.1, -0.05) is 5.16 Å². The van der Waals surface area contributed by atoms with Gasteiger partial charge in [-0.3, -0.25) is 19.7 Å². The molecule has 1 N–H and O–H groups in total. The molecule has 3 rings (SSSR count). The molecular formula is C16H23N5O2. The molecule has 0 unspecified atom stereocenters. The average molecular weight is 317 g/mol. The standard InChI is InChI=1S/C16H23N5O2/c1-11-7-13(3)21(18-11)9-14-5-4-6-20(14)10-15(22)17-16-8-12(2)19-23-16/h7-8,14H,4-6,9-10H2,1-3H3,(H,17,22)/t14-/m0/s1. The molecule has 0 bridgehead atoms. The highest BCUT2D eigenvalue weighted by molar-refractivity contribution is 5.91. The Kier molecular flexibility index (Phi) is 4.47. The summed E-state index contributed by atoms with van der Waals surface area (Å²) in [7, 11) is 0. The maximum absolute atomic E-state index is 12.2. The van der Waals surface area contributed by atoms with Gasteiger partial charge in [0.2, 0.25) is 11.8 Å². The van der Waals surface area contributed by atoms with Gasteiger partial charge in [-0.15, -0.1) is 0 Å². The maximum Gasteiger partial charge on any atom is 0.240 e. The lowest BCUT2D eigenvalue weighted by Gasteiger charge is -2.24. The van der Waals surface area contributed by atoms with Gasteiger partial charge in [0.1, 0.15) is 0 Å². The van der Waals surface area contributed by atoms with Crippen LogP contribution < -0.4 is 5.32 Å². The van der Waals surface area contributed by atoms with E-state index in [4.69, 9.17) is 4.52 Å². The summed E-state index contributed by atoms with van der Waals surface area (Å²) in [6, 6.07) is 4.14.